The van der Waals surface area contributed by atoms with Crippen molar-refractivity contribution in [1.29, 1.82) is 0 Å². The number of rotatable bonds is 4. The largest absolute Gasteiger partial charge is 0.480 e. The number of hydrogen-bond donors (Lipinski definition) is 1. The van der Waals surface area contributed by atoms with Crippen molar-refractivity contribution in [3.8, 4) is 0 Å². The predicted octanol–water partition coefficient (Wildman–Crippen LogP) is 1.94. The molecule has 0 bridgehead atoms. The molecule has 1 N–H and O–H groups in total. The topological polar surface area (TPSA) is 95.0 Å². The Morgan fingerprint density at radius 2 is 1.69 bits per heavy atom. The van der Waals surface area contributed by atoms with Gasteiger partial charge >= 0.3 is 5.97 Å². The zero-order valence-corrected chi connectivity index (χ0v) is 15.5. The number of nitrogens with zero attached hydrogens (tertiary/aromatic N) is 2. The Morgan fingerprint density at radius 3 is 2.35 bits per heavy atom. The van der Waals surface area contributed by atoms with Crippen LogP contribution in [0.3, 0.4) is 0 Å². The fourth-order valence-corrected chi connectivity index (χ4v) is 5.22. The Bertz CT molecular complexity index is 785. The van der Waals surface area contributed by atoms with Crippen LogP contribution < -0.4 is 0 Å². The van der Waals surface area contributed by atoms with E-state index < -0.39 is 27.9 Å². The van der Waals surface area contributed by atoms with Gasteiger partial charge in [-0.05, 0) is 43.9 Å². The van der Waals surface area contributed by atoms with Crippen molar-refractivity contribution in [3.05, 3.63) is 29.8 Å². The highest BCUT2D eigenvalue weighted by atomic mass is 32.2. The summed E-state index contributed by atoms with van der Waals surface area (Å²) < 4.78 is 27.3. The maximum atomic E-state index is 12.9. The molecule has 2 saturated heterocycles. The Labute approximate surface area is 153 Å². The van der Waals surface area contributed by atoms with Crippen LogP contribution in [0.2, 0.25) is 0 Å². The van der Waals surface area contributed by atoms with E-state index in [2.05, 4.69) is 0 Å². The normalized spacial score (nSPS) is 22.2. The standard InChI is InChI=1S/C18H24N2O5S/c21-17(20-12-6-9-16(20)18(22)23)14-7-5-8-15(13-14)26(24,25)19-10-3-1-2-4-11-19/h5,7-8,13,16H,1-4,6,9-12H2,(H,22,23). The molecule has 0 radical (unpaired) electrons. The number of carboxylic acid groups (broad SMARTS) is 1. The third-order valence-corrected chi connectivity index (χ3v) is 6.98. The number of hydrogen-bond acceptors (Lipinski definition) is 4. The monoisotopic (exact) mass is 380 g/mol. The molecule has 1 atom stereocenters. The first kappa shape index (κ1) is 18.8. The molecule has 1 aromatic carbocycles. The summed E-state index contributed by atoms with van der Waals surface area (Å²) in [6.07, 6.45) is 4.78. The number of aliphatic carboxylic acids is 1. The third kappa shape index (κ3) is 3.76. The highest BCUT2D eigenvalue weighted by Crippen LogP contribution is 2.24. The van der Waals surface area contributed by atoms with E-state index >= 15 is 0 Å². The third-order valence-electron chi connectivity index (χ3n) is 5.08. The molecule has 142 valence electrons. The highest BCUT2D eigenvalue weighted by molar-refractivity contribution is 7.89. The first-order valence-corrected chi connectivity index (χ1v) is 10.5. The van der Waals surface area contributed by atoms with Crippen LogP contribution in [0.1, 0.15) is 48.9 Å². The molecule has 2 fully saturated rings. The molecule has 2 aliphatic heterocycles. The van der Waals surface area contributed by atoms with E-state index in [-0.39, 0.29) is 10.5 Å². The Balaban J connectivity index is 1.85. The van der Waals surface area contributed by atoms with Gasteiger partial charge in [-0.3, -0.25) is 4.79 Å². The molecule has 0 spiro atoms. The van der Waals surface area contributed by atoms with Crippen molar-refractivity contribution in [3.63, 3.8) is 0 Å². The Morgan fingerprint density at radius 1 is 1.00 bits per heavy atom. The summed E-state index contributed by atoms with van der Waals surface area (Å²) in [6.45, 7) is 1.36. The number of carboxylic acids is 1. The summed E-state index contributed by atoms with van der Waals surface area (Å²) in [5.41, 5.74) is 0.217. The van der Waals surface area contributed by atoms with E-state index in [1.807, 2.05) is 0 Å². The van der Waals surface area contributed by atoms with Crippen LogP contribution >= 0.6 is 0 Å². The molecule has 1 unspecified atom stereocenters. The number of likely N-dealkylation sites (tertiary alicyclic amines) is 1. The molecule has 0 saturated carbocycles. The molecule has 2 heterocycles. The van der Waals surface area contributed by atoms with Gasteiger partial charge in [0.15, 0.2) is 0 Å². The van der Waals surface area contributed by atoms with Crippen LogP contribution in [0.5, 0.6) is 0 Å². The fraction of sp³-hybridized carbons (Fsp3) is 0.556. The molecule has 1 amide bonds. The summed E-state index contributed by atoms with van der Waals surface area (Å²) in [5.74, 6) is -1.45. The summed E-state index contributed by atoms with van der Waals surface area (Å²) in [7, 11) is -3.65. The van der Waals surface area contributed by atoms with Gasteiger partial charge in [-0.25, -0.2) is 13.2 Å². The van der Waals surface area contributed by atoms with Crippen LogP contribution in [0.4, 0.5) is 0 Å². The lowest BCUT2D eigenvalue weighted by Crippen LogP contribution is -2.40. The van der Waals surface area contributed by atoms with E-state index in [0.717, 1.165) is 25.7 Å². The smallest absolute Gasteiger partial charge is 0.326 e. The van der Waals surface area contributed by atoms with Crippen molar-refractivity contribution >= 4 is 21.9 Å². The molecule has 0 aromatic heterocycles. The van der Waals surface area contributed by atoms with Gasteiger partial charge in [0.1, 0.15) is 6.04 Å². The number of sulfonamides is 1. The second kappa shape index (κ2) is 7.75. The first-order chi connectivity index (χ1) is 12.4. The van der Waals surface area contributed by atoms with Crippen LogP contribution in [0, 0.1) is 0 Å². The summed E-state index contributed by atoms with van der Waals surface area (Å²) in [6, 6.07) is 5.12. The first-order valence-electron chi connectivity index (χ1n) is 9.05. The minimum atomic E-state index is -3.65. The Hall–Kier alpha value is -1.93. The van der Waals surface area contributed by atoms with E-state index in [4.69, 9.17) is 0 Å². The van der Waals surface area contributed by atoms with Crippen molar-refractivity contribution < 1.29 is 23.1 Å². The maximum absolute atomic E-state index is 12.9. The number of amides is 1. The van der Waals surface area contributed by atoms with Crippen molar-refractivity contribution in [2.45, 2.75) is 49.5 Å². The Kier molecular flexibility index (Phi) is 5.62. The SMILES string of the molecule is O=C(O)C1CCCN1C(=O)c1cccc(S(=O)(=O)N2CCCCCC2)c1. The van der Waals surface area contributed by atoms with Gasteiger partial charge in [0.05, 0.1) is 4.90 Å². The second-order valence-corrected chi connectivity index (χ2v) is 8.78. The van der Waals surface area contributed by atoms with Gasteiger partial charge in [-0.15, -0.1) is 0 Å². The molecule has 0 aliphatic carbocycles. The lowest BCUT2D eigenvalue weighted by molar-refractivity contribution is -0.141. The van der Waals surface area contributed by atoms with Crippen LogP contribution in [0.15, 0.2) is 29.2 Å². The van der Waals surface area contributed by atoms with Gasteiger partial charge in [0, 0.05) is 25.2 Å². The van der Waals surface area contributed by atoms with Gasteiger partial charge in [-0.1, -0.05) is 18.9 Å². The van der Waals surface area contributed by atoms with Gasteiger partial charge in [-0.2, -0.15) is 4.31 Å². The zero-order chi connectivity index (χ0) is 18.7. The molecular formula is C18H24N2O5S. The van der Waals surface area contributed by atoms with E-state index in [1.165, 1.54) is 21.3 Å². The minimum absolute atomic E-state index is 0.0938. The van der Waals surface area contributed by atoms with Gasteiger partial charge < -0.3 is 10.0 Å². The zero-order valence-electron chi connectivity index (χ0n) is 14.6. The van der Waals surface area contributed by atoms with E-state index in [0.29, 0.717) is 32.5 Å². The fourth-order valence-electron chi connectivity index (χ4n) is 3.65. The van der Waals surface area contributed by atoms with Crippen LogP contribution in [0.25, 0.3) is 0 Å². The molecule has 1 aromatic rings. The molecule has 2 aliphatic rings. The lowest BCUT2D eigenvalue weighted by Gasteiger charge is -2.23. The summed E-state index contributed by atoms with van der Waals surface area (Å²) in [5, 5.41) is 9.26. The summed E-state index contributed by atoms with van der Waals surface area (Å²) >= 11 is 0. The van der Waals surface area contributed by atoms with Crippen LogP contribution in [-0.2, 0) is 14.8 Å². The minimum Gasteiger partial charge on any atom is -0.480 e. The van der Waals surface area contributed by atoms with Gasteiger partial charge in [0.25, 0.3) is 5.91 Å². The summed E-state index contributed by atoms with van der Waals surface area (Å²) in [4.78, 5) is 25.5. The molecule has 3 rings (SSSR count). The van der Waals surface area contributed by atoms with Gasteiger partial charge in [0.2, 0.25) is 10.0 Å². The average Bonchev–Trinajstić information content (AvgIpc) is 2.96. The number of carbonyl (C=O) groups is 2. The molecule has 7 nitrogen and oxygen atoms in total. The quantitative estimate of drug-likeness (QED) is 0.861. The van der Waals surface area contributed by atoms with E-state index in [9.17, 15) is 23.1 Å². The van der Waals surface area contributed by atoms with Crippen molar-refractivity contribution in [2.75, 3.05) is 19.6 Å². The average molecular weight is 380 g/mol. The van der Waals surface area contributed by atoms with Crippen molar-refractivity contribution in [1.82, 2.24) is 9.21 Å². The predicted molar refractivity (Wildman–Crippen MR) is 95.4 cm³/mol. The van der Waals surface area contributed by atoms with Crippen LogP contribution in [-0.4, -0.2) is 60.3 Å². The second-order valence-electron chi connectivity index (χ2n) is 6.84. The maximum Gasteiger partial charge on any atom is 0.326 e. The van der Waals surface area contributed by atoms with Crippen molar-refractivity contribution in [2.24, 2.45) is 0 Å². The lowest BCUT2D eigenvalue weighted by atomic mass is 10.1. The molecular weight excluding hydrogens is 356 g/mol. The van der Waals surface area contributed by atoms with E-state index in [1.54, 1.807) is 12.1 Å². The molecule has 26 heavy (non-hydrogen) atoms. The number of benzene rings is 1. The number of carbonyl (C=O) groups excluding carboxylic acids is 1. The molecule has 8 heteroatoms. The highest BCUT2D eigenvalue weighted by Gasteiger charge is 2.35.